The number of rotatable bonds is 3. The highest BCUT2D eigenvalue weighted by molar-refractivity contribution is 6.20. The molecule has 0 aromatic heterocycles. The van der Waals surface area contributed by atoms with Gasteiger partial charge in [0.2, 0.25) is 0 Å². The van der Waals surface area contributed by atoms with Crippen LogP contribution in [-0.4, -0.2) is 23.5 Å². The third-order valence-electron chi connectivity index (χ3n) is 0.739. The predicted octanol–water partition coefficient (Wildman–Crippen LogP) is 3.19. The van der Waals surface area contributed by atoms with Crippen LogP contribution in [0, 0.1) is 0 Å². The van der Waals surface area contributed by atoms with Crippen molar-refractivity contribution in [3.8, 4) is 0 Å². The fraction of sp³-hybridized carbons (Fsp3) is 1.00. The lowest BCUT2D eigenvalue weighted by Crippen LogP contribution is -2.32. The Hall–Kier alpha value is 0.0800. The second-order valence-electron chi connectivity index (χ2n) is 1.91. The normalized spacial score (nSPS) is 18.0. The molecule has 10 heteroatoms. The van der Waals surface area contributed by atoms with E-state index < -0.39 is 23.5 Å². The lowest BCUT2D eigenvalue weighted by atomic mass is 10.7. The zero-order chi connectivity index (χ0) is 11.6. The Morgan fingerprint density at radius 3 is 1.07 bits per heavy atom. The highest BCUT2D eigenvalue weighted by Gasteiger charge is 2.45. The Balaban J connectivity index is 3.96. The Kier molecular flexibility index (Phi) is 4.76. The van der Waals surface area contributed by atoms with Crippen LogP contribution in [0.3, 0.4) is 0 Å². The molecule has 0 aromatic rings. The summed E-state index contributed by atoms with van der Waals surface area (Å²) in [5.41, 5.74) is -6.02. The van der Waals surface area contributed by atoms with Gasteiger partial charge in [-0.25, -0.2) is 9.78 Å². The van der Waals surface area contributed by atoms with Crippen molar-refractivity contribution in [1.82, 2.24) is 0 Å². The van der Waals surface area contributed by atoms with Gasteiger partial charge in [0.15, 0.2) is 0 Å². The van der Waals surface area contributed by atoms with Crippen LogP contribution in [0.2, 0.25) is 0 Å². The molecule has 0 heterocycles. The summed E-state index contributed by atoms with van der Waals surface area (Å²) < 4.78 is 69.2. The fourth-order valence-corrected chi connectivity index (χ4v) is 0.291. The third-order valence-corrected chi connectivity index (χ3v) is 1.38. The van der Waals surface area contributed by atoms with Crippen LogP contribution in [0.25, 0.3) is 0 Å². The Morgan fingerprint density at radius 1 is 0.714 bits per heavy atom. The Morgan fingerprint density at radius 2 is 0.929 bits per heavy atom. The molecule has 0 aromatic carbocycles. The maximum atomic E-state index is 11.5. The van der Waals surface area contributed by atoms with Crippen molar-refractivity contribution in [3.05, 3.63) is 0 Å². The first-order valence-electron chi connectivity index (χ1n) is 2.79. The topological polar surface area (TPSA) is 18.5 Å². The van der Waals surface area contributed by atoms with Gasteiger partial charge in [-0.1, -0.05) is 23.2 Å². The van der Waals surface area contributed by atoms with Crippen LogP contribution in [0.1, 0.15) is 0 Å². The van der Waals surface area contributed by atoms with Crippen LogP contribution < -0.4 is 0 Å². The molecule has 2 nitrogen and oxygen atoms in total. The maximum Gasteiger partial charge on any atom is 0.431 e. The minimum Gasteiger partial charge on any atom is -0.205 e. The Bertz CT molecular complexity index is 160. The molecule has 0 amide bonds. The highest BCUT2D eigenvalue weighted by atomic mass is 35.5. The number of halogens is 8. The lowest BCUT2D eigenvalue weighted by Gasteiger charge is -2.17. The van der Waals surface area contributed by atoms with Gasteiger partial charge >= 0.3 is 12.4 Å². The van der Waals surface area contributed by atoms with Crippen molar-refractivity contribution in [2.75, 3.05) is 0 Å². The van der Waals surface area contributed by atoms with E-state index in [1.807, 2.05) is 0 Å². The molecule has 0 saturated heterocycles. The summed E-state index contributed by atoms with van der Waals surface area (Å²) in [5.74, 6) is 0. The first-order chi connectivity index (χ1) is 6.05. The zero-order valence-electron chi connectivity index (χ0n) is 5.99. The summed E-state index contributed by atoms with van der Waals surface area (Å²) >= 11 is 8.91. The molecule has 0 aliphatic rings. The monoisotopic (exact) mass is 266 g/mol. The summed E-state index contributed by atoms with van der Waals surface area (Å²) in [6, 6.07) is 0. The second kappa shape index (κ2) is 4.73. The SMILES string of the molecule is FC(F)(F)C(Cl)OOC(Cl)C(F)(F)F. The minimum absolute atomic E-state index is 3.01. The van der Waals surface area contributed by atoms with E-state index in [1.165, 1.54) is 0 Å². The van der Waals surface area contributed by atoms with Gasteiger partial charge in [0.1, 0.15) is 0 Å². The van der Waals surface area contributed by atoms with Gasteiger partial charge in [-0.2, -0.15) is 26.3 Å². The Labute approximate surface area is 83.6 Å². The van der Waals surface area contributed by atoms with E-state index in [4.69, 9.17) is 0 Å². The summed E-state index contributed by atoms with van der Waals surface area (Å²) in [4.78, 5) is 6.37. The standard InChI is InChI=1S/C4H2Cl2F6O2/c5-1(3(7,8)9)13-14-2(6)4(10,11)12/h1-2H. The van der Waals surface area contributed by atoms with E-state index in [9.17, 15) is 26.3 Å². The van der Waals surface area contributed by atoms with E-state index in [2.05, 4.69) is 33.0 Å². The first kappa shape index (κ1) is 14.1. The molecule has 0 fully saturated rings. The molecular formula is C4H2Cl2F6O2. The molecule has 0 spiro atoms. The fourth-order valence-electron chi connectivity index (χ4n) is 0.207. The molecule has 86 valence electrons. The summed E-state index contributed by atoms with van der Waals surface area (Å²) in [7, 11) is 0. The molecule has 2 unspecified atom stereocenters. The van der Waals surface area contributed by atoms with Gasteiger partial charge in [-0.15, -0.1) is 0 Å². The van der Waals surface area contributed by atoms with E-state index >= 15 is 0 Å². The zero-order valence-corrected chi connectivity index (χ0v) is 7.51. The molecule has 2 atom stereocenters. The highest BCUT2D eigenvalue weighted by Crippen LogP contribution is 2.30. The second-order valence-corrected chi connectivity index (χ2v) is 2.70. The average Bonchev–Trinajstić information content (AvgIpc) is 1.95. The van der Waals surface area contributed by atoms with E-state index in [1.54, 1.807) is 0 Å². The summed E-state index contributed by atoms with van der Waals surface area (Å²) in [6.07, 6.45) is -10.1. The van der Waals surface area contributed by atoms with Gasteiger partial charge in [-0.05, 0) is 0 Å². The van der Waals surface area contributed by atoms with E-state index in [0.717, 1.165) is 0 Å². The smallest absolute Gasteiger partial charge is 0.205 e. The van der Waals surface area contributed by atoms with Crippen molar-refractivity contribution in [1.29, 1.82) is 0 Å². The van der Waals surface area contributed by atoms with Crippen LogP contribution in [0.4, 0.5) is 26.3 Å². The van der Waals surface area contributed by atoms with Crippen LogP contribution in [0.15, 0.2) is 0 Å². The molecule has 0 radical (unpaired) electrons. The van der Waals surface area contributed by atoms with Crippen molar-refractivity contribution in [2.45, 2.75) is 23.5 Å². The molecule has 14 heavy (non-hydrogen) atoms. The van der Waals surface area contributed by atoms with Gasteiger partial charge in [0, 0.05) is 0 Å². The molecule has 0 bridgehead atoms. The number of alkyl halides is 8. The van der Waals surface area contributed by atoms with Gasteiger partial charge in [0.05, 0.1) is 0 Å². The van der Waals surface area contributed by atoms with E-state index in [-0.39, 0.29) is 0 Å². The molecule has 0 N–H and O–H groups in total. The van der Waals surface area contributed by atoms with Crippen LogP contribution >= 0.6 is 23.2 Å². The van der Waals surface area contributed by atoms with Crippen molar-refractivity contribution >= 4 is 23.2 Å². The van der Waals surface area contributed by atoms with Crippen molar-refractivity contribution < 1.29 is 36.1 Å². The molecular weight excluding hydrogens is 265 g/mol. The third kappa shape index (κ3) is 5.08. The molecule has 0 saturated carbocycles. The number of hydrogen-bond acceptors (Lipinski definition) is 2. The first-order valence-corrected chi connectivity index (χ1v) is 3.66. The van der Waals surface area contributed by atoms with Crippen molar-refractivity contribution in [2.24, 2.45) is 0 Å². The summed E-state index contributed by atoms with van der Waals surface area (Å²) in [5, 5.41) is 0. The molecule has 0 aliphatic carbocycles. The van der Waals surface area contributed by atoms with Gasteiger partial charge in [0.25, 0.3) is 11.1 Å². The lowest BCUT2D eigenvalue weighted by molar-refractivity contribution is -0.394. The largest absolute Gasteiger partial charge is 0.431 e. The maximum absolute atomic E-state index is 11.5. The van der Waals surface area contributed by atoms with Gasteiger partial charge < -0.3 is 0 Å². The number of hydrogen-bond donors (Lipinski definition) is 0. The molecule has 0 aliphatic heterocycles. The molecule has 0 rings (SSSR count). The quantitative estimate of drug-likeness (QED) is 0.338. The van der Waals surface area contributed by atoms with Crippen molar-refractivity contribution in [3.63, 3.8) is 0 Å². The van der Waals surface area contributed by atoms with Gasteiger partial charge in [-0.3, -0.25) is 0 Å². The van der Waals surface area contributed by atoms with Crippen LogP contribution in [0.5, 0.6) is 0 Å². The predicted molar refractivity (Wildman–Crippen MR) is 33.6 cm³/mol. The minimum atomic E-state index is -5.04. The summed E-state index contributed by atoms with van der Waals surface area (Å²) in [6.45, 7) is 0. The average molecular weight is 267 g/mol. The van der Waals surface area contributed by atoms with Crippen LogP contribution in [-0.2, 0) is 9.78 Å². The van der Waals surface area contributed by atoms with E-state index in [0.29, 0.717) is 0 Å².